The predicted molar refractivity (Wildman–Crippen MR) is 79.7 cm³/mol. The molecule has 8 heteroatoms. The number of anilines is 1. The smallest absolute Gasteiger partial charge is 0.240 e. The Morgan fingerprint density at radius 1 is 1.35 bits per heavy atom. The molecule has 2 aliphatic rings. The molecule has 1 saturated heterocycles. The fourth-order valence-electron chi connectivity index (χ4n) is 2.97. The minimum Gasteiger partial charge on any atom is -0.339 e. The Morgan fingerprint density at radius 2 is 2.22 bits per heavy atom. The maximum Gasteiger partial charge on any atom is 0.240 e. The van der Waals surface area contributed by atoms with Gasteiger partial charge in [0.25, 0.3) is 0 Å². The fourth-order valence-corrected chi connectivity index (χ4v) is 2.97. The molecule has 0 radical (unpaired) electrons. The van der Waals surface area contributed by atoms with E-state index in [2.05, 4.69) is 25.5 Å². The number of carbonyl (C=O) groups is 1. The van der Waals surface area contributed by atoms with Crippen LogP contribution in [0.4, 0.5) is 5.88 Å². The Labute approximate surface area is 133 Å². The monoisotopic (exact) mass is 317 g/mol. The number of hydrogen-bond acceptors (Lipinski definition) is 7. The summed E-state index contributed by atoms with van der Waals surface area (Å²) in [5, 5.41) is 10.6. The van der Waals surface area contributed by atoms with E-state index >= 15 is 0 Å². The van der Waals surface area contributed by atoms with Crippen LogP contribution in [0.2, 0.25) is 0 Å². The molecule has 0 unspecified atom stereocenters. The number of nitrogens with one attached hydrogen (secondary N) is 1. The Kier molecular flexibility index (Phi) is 3.60. The second-order valence-corrected chi connectivity index (χ2v) is 6.27. The third-order valence-corrected chi connectivity index (χ3v) is 4.28. The molecule has 4 rings (SSSR count). The molecule has 3 heterocycles. The highest BCUT2D eigenvalue weighted by Crippen LogP contribution is 2.40. The van der Waals surface area contributed by atoms with Crippen molar-refractivity contribution in [3.8, 4) is 0 Å². The SMILES string of the molecule is Cc1cc(NC(=O)CN2CCC[C@H]2c2noc(C3CC3)n2)on1. The van der Waals surface area contributed by atoms with Crippen LogP contribution < -0.4 is 5.32 Å². The zero-order chi connectivity index (χ0) is 15.8. The van der Waals surface area contributed by atoms with Crippen LogP contribution in [0.3, 0.4) is 0 Å². The second-order valence-electron chi connectivity index (χ2n) is 6.27. The van der Waals surface area contributed by atoms with Gasteiger partial charge in [-0.1, -0.05) is 10.3 Å². The van der Waals surface area contributed by atoms with Gasteiger partial charge in [-0.2, -0.15) is 4.98 Å². The van der Waals surface area contributed by atoms with Crippen molar-refractivity contribution in [1.29, 1.82) is 0 Å². The highest BCUT2D eigenvalue weighted by molar-refractivity contribution is 5.91. The first-order valence-corrected chi connectivity index (χ1v) is 8.00. The molecule has 122 valence electrons. The number of nitrogens with zero attached hydrogens (tertiary/aromatic N) is 4. The molecule has 2 aromatic heterocycles. The van der Waals surface area contributed by atoms with Crippen LogP contribution in [0.25, 0.3) is 0 Å². The lowest BCUT2D eigenvalue weighted by molar-refractivity contribution is -0.117. The Bertz CT molecular complexity index is 706. The van der Waals surface area contributed by atoms with Crippen LogP contribution in [0, 0.1) is 6.92 Å². The van der Waals surface area contributed by atoms with Gasteiger partial charge in [-0.3, -0.25) is 15.0 Å². The molecular weight excluding hydrogens is 298 g/mol. The van der Waals surface area contributed by atoms with E-state index in [9.17, 15) is 4.79 Å². The van der Waals surface area contributed by atoms with Gasteiger partial charge in [-0.25, -0.2) is 0 Å². The standard InChI is InChI=1S/C15H19N5O3/c1-9-7-13(22-18-9)16-12(21)8-20-6-2-3-11(20)14-17-15(23-19-14)10-4-5-10/h7,10-11H,2-6,8H2,1H3,(H,16,21)/t11-/m0/s1. The third kappa shape index (κ3) is 3.12. The summed E-state index contributed by atoms with van der Waals surface area (Å²) in [4.78, 5) is 18.8. The summed E-state index contributed by atoms with van der Waals surface area (Å²) < 4.78 is 10.3. The van der Waals surface area contributed by atoms with Gasteiger partial charge in [-0.05, 0) is 39.2 Å². The lowest BCUT2D eigenvalue weighted by Gasteiger charge is -2.20. The van der Waals surface area contributed by atoms with E-state index in [-0.39, 0.29) is 18.5 Å². The molecule has 0 bridgehead atoms. The molecule has 2 fully saturated rings. The summed E-state index contributed by atoms with van der Waals surface area (Å²) >= 11 is 0. The largest absolute Gasteiger partial charge is 0.339 e. The Balaban J connectivity index is 1.39. The van der Waals surface area contributed by atoms with E-state index in [1.165, 1.54) is 0 Å². The predicted octanol–water partition coefficient (Wildman–Crippen LogP) is 2.02. The zero-order valence-electron chi connectivity index (χ0n) is 13.0. The Hall–Kier alpha value is -2.22. The Morgan fingerprint density at radius 3 is 2.96 bits per heavy atom. The van der Waals surface area contributed by atoms with Gasteiger partial charge >= 0.3 is 0 Å². The van der Waals surface area contributed by atoms with E-state index in [4.69, 9.17) is 9.05 Å². The average molecular weight is 317 g/mol. The lowest BCUT2D eigenvalue weighted by Crippen LogP contribution is -2.33. The van der Waals surface area contributed by atoms with Gasteiger partial charge in [0.05, 0.1) is 18.3 Å². The molecule has 2 aromatic rings. The molecule has 0 spiro atoms. The molecule has 1 aliphatic heterocycles. The summed E-state index contributed by atoms with van der Waals surface area (Å²) in [5.41, 5.74) is 0.735. The number of amides is 1. The van der Waals surface area contributed by atoms with Crippen molar-refractivity contribution in [2.24, 2.45) is 0 Å². The van der Waals surface area contributed by atoms with Crippen molar-refractivity contribution >= 4 is 11.8 Å². The van der Waals surface area contributed by atoms with Crippen molar-refractivity contribution in [1.82, 2.24) is 20.2 Å². The van der Waals surface area contributed by atoms with E-state index in [0.717, 1.165) is 43.8 Å². The van der Waals surface area contributed by atoms with Crippen LogP contribution in [0.1, 0.15) is 55.1 Å². The van der Waals surface area contributed by atoms with Crippen LogP contribution in [-0.4, -0.2) is 39.2 Å². The third-order valence-electron chi connectivity index (χ3n) is 4.28. The molecule has 8 nitrogen and oxygen atoms in total. The summed E-state index contributed by atoms with van der Waals surface area (Å²) in [6, 6.07) is 1.74. The number of hydrogen-bond donors (Lipinski definition) is 1. The van der Waals surface area contributed by atoms with Crippen LogP contribution in [-0.2, 0) is 4.79 Å². The summed E-state index contributed by atoms with van der Waals surface area (Å²) in [5.74, 6) is 2.14. The molecule has 23 heavy (non-hydrogen) atoms. The minimum atomic E-state index is -0.126. The van der Waals surface area contributed by atoms with Crippen molar-refractivity contribution in [3.05, 3.63) is 23.5 Å². The number of aryl methyl sites for hydroxylation is 1. The van der Waals surface area contributed by atoms with Gasteiger partial charge in [0.15, 0.2) is 5.82 Å². The van der Waals surface area contributed by atoms with Gasteiger partial charge in [0.1, 0.15) is 0 Å². The molecule has 1 aliphatic carbocycles. The topological polar surface area (TPSA) is 97.3 Å². The molecule has 1 saturated carbocycles. The van der Waals surface area contributed by atoms with Crippen LogP contribution in [0.5, 0.6) is 0 Å². The molecule has 1 N–H and O–H groups in total. The normalized spacial score (nSPS) is 21.7. The fraction of sp³-hybridized carbons (Fsp3) is 0.600. The molecule has 1 amide bonds. The van der Waals surface area contributed by atoms with E-state index in [0.29, 0.717) is 17.6 Å². The minimum absolute atomic E-state index is 0.0495. The number of likely N-dealkylation sites (tertiary alicyclic amines) is 1. The maximum atomic E-state index is 12.2. The van der Waals surface area contributed by atoms with Crippen LogP contribution >= 0.6 is 0 Å². The summed E-state index contributed by atoms with van der Waals surface area (Å²) in [6.45, 7) is 2.93. The van der Waals surface area contributed by atoms with Gasteiger partial charge in [0.2, 0.25) is 17.7 Å². The van der Waals surface area contributed by atoms with Crippen molar-refractivity contribution < 1.29 is 13.8 Å². The molecule has 1 atom stereocenters. The van der Waals surface area contributed by atoms with E-state index < -0.39 is 0 Å². The maximum absolute atomic E-state index is 12.2. The summed E-state index contributed by atoms with van der Waals surface area (Å²) in [6.07, 6.45) is 4.23. The van der Waals surface area contributed by atoms with Gasteiger partial charge in [-0.15, -0.1) is 0 Å². The first kappa shape index (κ1) is 14.4. The first-order valence-electron chi connectivity index (χ1n) is 8.00. The van der Waals surface area contributed by atoms with Crippen molar-refractivity contribution in [2.75, 3.05) is 18.4 Å². The van der Waals surface area contributed by atoms with Gasteiger partial charge in [0, 0.05) is 12.0 Å². The molecular formula is C15H19N5O3. The number of rotatable bonds is 5. The van der Waals surface area contributed by atoms with Crippen LogP contribution in [0.15, 0.2) is 15.1 Å². The van der Waals surface area contributed by atoms with E-state index in [1.54, 1.807) is 6.07 Å². The van der Waals surface area contributed by atoms with Gasteiger partial charge < -0.3 is 9.05 Å². The number of carbonyl (C=O) groups excluding carboxylic acids is 1. The van der Waals surface area contributed by atoms with Crippen molar-refractivity contribution in [3.63, 3.8) is 0 Å². The lowest BCUT2D eigenvalue weighted by atomic mass is 10.2. The molecule has 0 aromatic carbocycles. The second kappa shape index (κ2) is 5.77. The number of aromatic nitrogens is 3. The highest BCUT2D eigenvalue weighted by Gasteiger charge is 2.34. The average Bonchev–Trinajstić information content (AvgIpc) is 2.91. The highest BCUT2D eigenvalue weighted by atomic mass is 16.5. The zero-order valence-corrected chi connectivity index (χ0v) is 13.0. The quantitative estimate of drug-likeness (QED) is 0.901. The first-order chi connectivity index (χ1) is 11.2. The van der Waals surface area contributed by atoms with E-state index in [1.807, 2.05) is 6.92 Å². The van der Waals surface area contributed by atoms with Crippen molar-refractivity contribution in [2.45, 2.75) is 44.6 Å². The summed E-state index contributed by atoms with van der Waals surface area (Å²) in [7, 11) is 0.